The van der Waals surface area contributed by atoms with Crippen molar-refractivity contribution in [3.8, 4) is 0 Å². The molecule has 6 heteroatoms. The van der Waals surface area contributed by atoms with Gasteiger partial charge in [-0.15, -0.1) is 11.3 Å². The Morgan fingerprint density at radius 3 is 2.88 bits per heavy atom. The fraction of sp³-hybridized carbons (Fsp3) is 0.273. The minimum Gasteiger partial charge on any atom is -0.329 e. The molecule has 0 spiro atoms. The van der Waals surface area contributed by atoms with E-state index in [1.54, 1.807) is 24.3 Å². The maximum absolute atomic E-state index is 11.8. The van der Waals surface area contributed by atoms with Crippen molar-refractivity contribution in [2.24, 2.45) is 5.73 Å². The number of fused-ring (bicyclic) bond motifs is 1. The quantitative estimate of drug-likeness (QED) is 0.892. The number of sulfonamides is 1. The van der Waals surface area contributed by atoms with E-state index in [1.165, 1.54) is 0 Å². The zero-order chi connectivity index (χ0) is 12.5. The molecule has 1 heterocycles. The van der Waals surface area contributed by atoms with E-state index >= 15 is 0 Å². The van der Waals surface area contributed by atoms with Crippen molar-refractivity contribution >= 4 is 37.1 Å². The van der Waals surface area contributed by atoms with E-state index in [0.29, 0.717) is 5.69 Å². The van der Waals surface area contributed by atoms with Crippen LogP contribution >= 0.6 is 11.3 Å². The lowest BCUT2D eigenvalue weighted by molar-refractivity contribution is 0.589. The molecular weight excluding hydrogens is 256 g/mol. The predicted octanol–water partition coefficient (Wildman–Crippen LogP) is 1.99. The lowest BCUT2D eigenvalue weighted by Gasteiger charge is -2.12. The van der Waals surface area contributed by atoms with Crippen LogP contribution in [0.25, 0.3) is 10.1 Å². The summed E-state index contributed by atoms with van der Waals surface area (Å²) in [6.45, 7) is 1.70. The molecule has 1 aromatic heterocycles. The summed E-state index contributed by atoms with van der Waals surface area (Å²) >= 11 is 1.63. The average Bonchev–Trinajstić information content (AvgIpc) is 2.74. The Kier molecular flexibility index (Phi) is 3.37. The zero-order valence-corrected chi connectivity index (χ0v) is 11.0. The third-order valence-electron chi connectivity index (χ3n) is 2.57. The molecule has 2 aromatic rings. The minimum absolute atomic E-state index is 0.107. The summed E-state index contributed by atoms with van der Waals surface area (Å²) in [5.74, 6) is 0. The van der Waals surface area contributed by atoms with Crippen LogP contribution in [0.1, 0.15) is 6.92 Å². The van der Waals surface area contributed by atoms with E-state index in [4.69, 9.17) is 5.73 Å². The summed E-state index contributed by atoms with van der Waals surface area (Å²) in [7, 11) is -3.39. The van der Waals surface area contributed by atoms with Gasteiger partial charge in [0.25, 0.3) is 0 Å². The second kappa shape index (κ2) is 4.64. The molecule has 1 unspecified atom stereocenters. The highest BCUT2D eigenvalue weighted by Crippen LogP contribution is 2.24. The van der Waals surface area contributed by atoms with E-state index in [2.05, 4.69) is 4.72 Å². The number of rotatable bonds is 4. The van der Waals surface area contributed by atoms with E-state index in [0.717, 1.165) is 10.1 Å². The molecule has 0 fully saturated rings. The van der Waals surface area contributed by atoms with Gasteiger partial charge in [0.2, 0.25) is 10.0 Å². The topological polar surface area (TPSA) is 72.2 Å². The van der Waals surface area contributed by atoms with Gasteiger partial charge in [-0.2, -0.15) is 0 Å². The Labute approximate surface area is 104 Å². The Balaban J connectivity index is 2.29. The Morgan fingerprint density at radius 1 is 1.41 bits per heavy atom. The van der Waals surface area contributed by atoms with Gasteiger partial charge in [0.15, 0.2) is 0 Å². The van der Waals surface area contributed by atoms with Gasteiger partial charge in [-0.25, -0.2) is 8.42 Å². The molecule has 1 aromatic carbocycles. The average molecular weight is 270 g/mol. The van der Waals surface area contributed by atoms with Crippen LogP contribution in [0.2, 0.25) is 0 Å². The highest BCUT2D eigenvalue weighted by atomic mass is 32.2. The smallest absolute Gasteiger partial charge is 0.236 e. The molecule has 0 saturated heterocycles. The molecule has 3 N–H and O–H groups in total. The summed E-state index contributed by atoms with van der Waals surface area (Å²) in [5.41, 5.74) is 5.95. The van der Waals surface area contributed by atoms with Crippen molar-refractivity contribution in [1.82, 2.24) is 0 Å². The van der Waals surface area contributed by atoms with Crippen LogP contribution in [0.4, 0.5) is 5.69 Å². The first kappa shape index (κ1) is 12.3. The molecule has 0 bridgehead atoms. The number of hydrogen-bond donors (Lipinski definition) is 2. The van der Waals surface area contributed by atoms with Gasteiger partial charge >= 0.3 is 0 Å². The summed E-state index contributed by atoms with van der Waals surface area (Å²) < 4.78 is 27.3. The van der Waals surface area contributed by atoms with Crippen LogP contribution in [-0.2, 0) is 10.0 Å². The van der Waals surface area contributed by atoms with E-state index in [-0.39, 0.29) is 6.54 Å². The highest BCUT2D eigenvalue weighted by molar-refractivity contribution is 7.93. The second-order valence-corrected chi connectivity index (χ2v) is 6.91. The molecule has 92 valence electrons. The number of hydrogen-bond acceptors (Lipinski definition) is 4. The van der Waals surface area contributed by atoms with Gasteiger partial charge in [-0.05, 0) is 42.0 Å². The fourth-order valence-electron chi connectivity index (χ4n) is 1.42. The van der Waals surface area contributed by atoms with E-state index < -0.39 is 15.3 Å². The van der Waals surface area contributed by atoms with Crippen LogP contribution in [-0.4, -0.2) is 20.2 Å². The fourth-order valence-corrected chi connectivity index (χ4v) is 3.10. The molecule has 0 saturated carbocycles. The molecule has 0 aliphatic carbocycles. The number of benzene rings is 1. The van der Waals surface area contributed by atoms with Crippen molar-refractivity contribution < 1.29 is 8.42 Å². The first-order valence-electron chi connectivity index (χ1n) is 5.22. The van der Waals surface area contributed by atoms with Crippen LogP contribution < -0.4 is 10.5 Å². The van der Waals surface area contributed by atoms with Gasteiger partial charge in [-0.1, -0.05) is 0 Å². The largest absolute Gasteiger partial charge is 0.329 e. The molecule has 17 heavy (non-hydrogen) atoms. The third kappa shape index (κ3) is 2.59. The molecule has 2 rings (SSSR count). The molecule has 1 atom stereocenters. The lowest BCUT2D eigenvalue weighted by Crippen LogP contribution is -2.31. The Bertz CT molecular complexity index is 619. The standard InChI is InChI=1S/C11H14N2O2S2/c1-8(7-12)17(14,15)13-10-2-3-11-9(6-10)4-5-16-11/h2-6,8,13H,7,12H2,1H3. The van der Waals surface area contributed by atoms with Gasteiger partial charge < -0.3 is 5.73 Å². The van der Waals surface area contributed by atoms with Crippen LogP contribution in [0.15, 0.2) is 29.6 Å². The van der Waals surface area contributed by atoms with Crippen molar-refractivity contribution in [3.05, 3.63) is 29.6 Å². The first-order valence-corrected chi connectivity index (χ1v) is 7.64. The number of nitrogens with two attached hydrogens (primary N) is 1. The molecule has 0 aliphatic rings. The number of anilines is 1. The molecule has 0 aliphatic heterocycles. The van der Waals surface area contributed by atoms with Crippen molar-refractivity contribution in [2.45, 2.75) is 12.2 Å². The predicted molar refractivity (Wildman–Crippen MR) is 72.9 cm³/mol. The van der Waals surface area contributed by atoms with Gasteiger partial charge in [0, 0.05) is 16.9 Å². The highest BCUT2D eigenvalue weighted by Gasteiger charge is 2.18. The van der Waals surface area contributed by atoms with E-state index in [9.17, 15) is 8.42 Å². The second-order valence-electron chi connectivity index (χ2n) is 3.87. The normalized spacial score (nSPS) is 13.8. The zero-order valence-electron chi connectivity index (χ0n) is 9.38. The molecule has 0 amide bonds. The Hall–Kier alpha value is -1.11. The van der Waals surface area contributed by atoms with Gasteiger partial charge in [0.1, 0.15) is 0 Å². The van der Waals surface area contributed by atoms with Crippen molar-refractivity contribution in [2.75, 3.05) is 11.3 Å². The maximum Gasteiger partial charge on any atom is 0.236 e. The monoisotopic (exact) mass is 270 g/mol. The maximum atomic E-state index is 11.8. The van der Waals surface area contributed by atoms with Crippen molar-refractivity contribution in [1.29, 1.82) is 0 Å². The summed E-state index contributed by atoms with van der Waals surface area (Å²) in [5, 5.41) is 2.42. The number of thiophene rings is 1. The summed E-state index contributed by atoms with van der Waals surface area (Å²) in [4.78, 5) is 0. The SMILES string of the molecule is CC(CN)S(=O)(=O)Nc1ccc2sccc2c1. The first-order chi connectivity index (χ1) is 8.03. The molecule has 4 nitrogen and oxygen atoms in total. The molecule has 0 radical (unpaired) electrons. The van der Waals surface area contributed by atoms with Crippen molar-refractivity contribution in [3.63, 3.8) is 0 Å². The van der Waals surface area contributed by atoms with Gasteiger partial charge in [-0.3, -0.25) is 4.72 Å². The lowest BCUT2D eigenvalue weighted by atomic mass is 10.2. The Morgan fingerprint density at radius 2 is 2.18 bits per heavy atom. The molecular formula is C11H14N2O2S2. The van der Waals surface area contributed by atoms with Gasteiger partial charge in [0.05, 0.1) is 5.25 Å². The third-order valence-corrected chi connectivity index (χ3v) is 5.24. The van der Waals surface area contributed by atoms with Crippen LogP contribution in [0.3, 0.4) is 0 Å². The summed E-state index contributed by atoms with van der Waals surface area (Å²) in [6, 6.07) is 7.46. The van der Waals surface area contributed by atoms with E-state index in [1.807, 2.05) is 23.6 Å². The van der Waals surface area contributed by atoms with Crippen LogP contribution in [0.5, 0.6) is 0 Å². The summed E-state index contributed by atoms with van der Waals surface area (Å²) in [6.07, 6.45) is 0. The number of nitrogens with one attached hydrogen (secondary N) is 1. The van der Waals surface area contributed by atoms with Crippen LogP contribution in [0, 0.1) is 0 Å². The minimum atomic E-state index is -3.39.